The van der Waals surface area contributed by atoms with Gasteiger partial charge in [0.25, 0.3) is 0 Å². The predicted octanol–water partition coefficient (Wildman–Crippen LogP) is 17.5. The molecule has 0 saturated heterocycles. The third-order valence-electron chi connectivity index (χ3n) is 12.3. The zero-order valence-corrected chi connectivity index (χ0v) is 34.8. The van der Waals surface area contributed by atoms with Gasteiger partial charge in [0.15, 0.2) is 0 Å². The van der Waals surface area contributed by atoms with E-state index >= 15 is 0 Å². The van der Waals surface area contributed by atoms with Crippen LogP contribution in [0.1, 0.15) is 0 Å². The first kappa shape index (κ1) is 37.7. The Kier molecular flexibility index (Phi) is 9.97. The lowest BCUT2D eigenvalue weighted by molar-refractivity contribution is 1.28. The maximum atomic E-state index is 2.39. The van der Waals surface area contributed by atoms with E-state index in [0.717, 1.165) is 17.1 Å². The Morgan fingerprint density at radius 2 is 0.524 bits per heavy atom. The van der Waals surface area contributed by atoms with E-state index in [0.29, 0.717) is 0 Å². The van der Waals surface area contributed by atoms with Crippen LogP contribution in [-0.4, -0.2) is 0 Å². The summed E-state index contributed by atoms with van der Waals surface area (Å²) < 4.78 is 0. The van der Waals surface area contributed by atoms with Crippen LogP contribution in [0.2, 0.25) is 0 Å². The summed E-state index contributed by atoms with van der Waals surface area (Å²) in [7, 11) is 0. The Balaban J connectivity index is 1.05. The number of fused-ring (bicyclic) bond motifs is 3. The summed E-state index contributed by atoms with van der Waals surface area (Å²) in [6.45, 7) is 0. The zero-order valence-electron chi connectivity index (χ0n) is 34.8. The summed E-state index contributed by atoms with van der Waals surface area (Å²) in [5.41, 5.74) is 17.7. The van der Waals surface area contributed by atoms with Gasteiger partial charge in [0, 0.05) is 17.1 Å². The van der Waals surface area contributed by atoms with Gasteiger partial charge in [0.2, 0.25) is 0 Å². The molecule has 0 radical (unpaired) electrons. The molecule has 296 valence electrons. The van der Waals surface area contributed by atoms with Gasteiger partial charge in [-0.25, -0.2) is 0 Å². The van der Waals surface area contributed by atoms with Gasteiger partial charge in [0.1, 0.15) is 0 Å². The molecule has 0 saturated carbocycles. The smallest absolute Gasteiger partial charge is 0.0467 e. The largest absolute Gasteiger partial charge is 0.310 e. The van der Waals surface area contributed by atoms with E-state index in [4.69, 9.17) is 0 Å². The van der Waals surface area contributed by atoms with Crippen LogP contribution in [0, 0.1) is 0 Å². The molecule has 1 nitrogen and oxygen atoms in total. The van der Waals surface area contributed by atoms with Crippen molar-refractivity contribution in [2.45, 2.75) is 0 Å². The SMILES string of the molecule is c1ccc(-c2ccc(-c3ccc(N(c4ccc(-c5ccccc5-c5ccccc5)cc4)c4cccc(-c5c(-c6ccccc6)c6ccccc6c6ccccc56)c4)cc3)cc2)cc1. The van der Waals surface area contributed by atoms with E-state index in [9.17, 15) is 0 Å². The maximum absolute atomic E-state index is 2.39. The predicted molar refractivity (Wildman–Crippen MR) is 269 cm³/mol. The van der Waals surface area contributed by atoms with E-state index in [1.807, 2.05) is 0 Å². The van der Waals surface area contributed by atoms with E-state index in [2.05, 4.69) is 266 Å². The first-order valence-corrected chi connectivity index (χ1v) is 21.7. The van der Waals surface area contributed by atoms with Gasteiger partial charge < -0.3 is 4.90 Å². The topological polar surface area (TPSA) is 3.24 Å². The van der Waals surface area contributed by atoms with Gasteiger partial charge in [-0.15, -0.1) is 0 Å². The Bertz CT molecular complexity index is 3340. The second-order valence-electron chi connectivity index (χ2n) is 16.0. The molecule has 63 heavy (non-hydrogen) atoms. The maximum Gasteiger partial charge on any atom is 0.0467 e. The minimum atomic E-state index is 1.08. The van der Waals surface area contributed by atoms with Crippen molar-refractivity contribution in [2.24, 2.45) is 0 Å². The van der Waals surface area contributed by atoms with Crippen LogP contribution in [-0.2, 0) is 0 Å². The molecular formula is C62H43N. The van der Waals surface area contributed by atoms with Gasteiger partial charge in [-0.3, -0.25) is 0 Å². The van der Waals surface area contributed by atoms with Gasteiger partial charge in [-0.2, -0.15) is 0 Å². The molecule has 0 amide bonds. The highest BCUT2D eigenvalue weighted by Crippen LogP contribution is 2.46. The minimum absolute atomic E-state index is 1.08. The van der Waals surface area contributed by atoms with Crippen LogP contribution in [0.15, 0.2) is 261 Å². The van der Waals surface area contributed by atoms with Crippen molar-refractivity contribution in [2.75, 3.05) is 4.90 Å². The third kappa shape index (κ3) is 7.26. The Labute approximate surface area is 369 Å². The fourth-order valence-electron chi connectivity index (χ4n) is 9.28. The number of hydrogen-bond donors (Lipinski definition) is 0. The molecular weight excluding hydrogens is 759 g/mol. The van der Waals surface area contributed by atoms with Crippen molar-refractivity contribution in [3.05, 3.63) is 261 Å². The molecule has 0 spiro atoms. The lowest BCUT2D eigenvalue weighted by atomic mass is 9.85. The normalized spacial score (nSPS) is 11.2. The molecule has 11 aromatic carbocycles. The van der Waals surface area contributed by atoms with Crippen LogP contribution in [0.25, 0.3) is 88.3 Å². The number of hydrogen-bond acceptors (Lipinski definition) is 1. The number of nitrogens with zero attached hydrogens (tertiary/aromatic N) is 1. The van der Waals surface area contributed by atoms with Crippen LogP contribution in [0.4, 0.5) is 17.1 Å². The summed E-state index contributed by atoms with van der Waals surface area (Å²) in [6.07, 6.45) is 0. The first-order chi connectivity index (χ1) is 31.3. The van der Waals surface area contributed by atoms with Crippen LogP contribution in [0.5, 0.6) is 0 Å². The Hall–Kier alpha value is -8.26. The lowest BCUT2D eigenvalue weighted by Gasteiger charge is -2.27. The Morgan fingerprint density at radius 1 is 0.190 bits per heavy atom. The third-order valence-corrected chi connectivity index (χ3v) is 12.3. The zero-order chi connectivity index (χ0) is 42.0. The molecule has 0 aliphatic rings. The number of anilines is 3. The summed E-state index contributed by atoms with van der Waals surface area (Å²) in [5, 5.41) is 5.00. The molecule has 0 heterocycles. The molecule has 0 aliphatic carbocycles. The highest BCUT2D eigenvalue weighted by Gasteiger charge is 2.20. The van der Waals surface area contributed by atoms with Gasteiger partial charge in [-0.1, -0.05) is 224 Å². The van der Waals surface area contributed by atoms with E-state index < -0.39 is 0 Å². The van der Waals surface area contributed by atoms with E-state index in [1.165, 1.54) is 88.3 Å². The lowest BCUT2D eigenvalue weighted by Crippen LogP contribution is -2.10. The van der Waals surface area contributed by atoms with Crippen molar-refractivity contribution in [3.8, 4) is 66.8 Å². The molecule has 0 atom stereocenters. The number of rotatable bonds is 9. The monoisotopic (exact) mass is 801 g/mol. The molecule has 0 aromatic heterocycles. The molecule has 1 heteroatoms. The van der Waals surface area contributed by atoms with Crippen molar-refractivity contribution in [1.82, 2.24) is 0 Å². The highest BCUT2D eigenvalue weighted by molar-refractivity contribution is 6.21. The summed E-state index contributed by atoms with van der Waals surface area (Å²) in [5.74, 6) is 0. The van der Waals surface area contributed by atoms with Crippen molar-refractivity contribution in [3.63, 3.8) is 0 Å². The standard InChI is InChI=1S/C62H43N/c1-4-17-44(18-5-1)45-31-33-46(34-32-45)47-35-39-52(40-36-47)63(53-41-37-49(38-42-53)56-26-11-10-25-55(56)48-19-6-2-7-20-48)54-24-16-23-51(43-54)62-60-30-15-13-28-58(60)57-27-12-14-29-59(57)61(62)50-21-8-3-9-22-50/h1-43H. The van der Waals surface area contributed by atoms with Crippen molar-refractivity contribution < 1.29 is 0 Å². The van der Waals surface area contributed by atoms with Crippen molar-refractivity contribution >= 4 is 38.6 Å². The number of benzene rings is 11. The average molecular weight is 802 g/mol. The van der Waals surface area contributed by atoms with Crippen LogP contribution >= 0.6 is 0 Å². The molecule has 0 aliphatic heterocycles. The molecule has 0 N–H and O–H groups in total. The Morgan fingerprint density at radius 3 is 1.03 bits per heavy atom. The summed E-state index contributed by atoms with van der Waals surface area (Å²) in [6, 6.07) is 94.5. The highest BCUT2D eigenvalue weighted by atomic mass is 15.1. The van der Waals surface area contributed by atoms with Gasteiger partial charge >= 0.3 is 0 Å². The van der Waals surface area contributed by atoms with Gasteiger partial charge in [-0.05, 0) is 125 Å². The quantitative estimate of drug-likeness (QED) is 0.131. The van der Waals surface area contributed by atoms with E-state index in [1.54, 1.807) is 0 Å². The second kappa shape index (κ2) is 16.7. The van der Waals surface area contributed by atoms with Crippen molar-refractivity contribution in [1.29, 1.82) is 0 Å². The summed E-state index contributed by atoms with van der Waals surface area (Å²) in [4.78, 5) is 2.39. The first-order valence-electron chi connectivity index (χ1n) is 21.7. The molecule has 11 rings (SSSR count). The molecule has 0 unspecified atom stereocenters. The minimum Gasteiger partial charge on any atom is -0.310 e. The fraction of sp³-hybridized carbons (Fsp3) is 0. The molecule has 0 bridgehead atoms. The van der Waals surface area contributed by atoms with Crippen LogP contribution < -0.4 is 4.90 Å². The van der Waals surface area contributed by atoms with Gasteiger partial charge in [0.05, 0.1) is 0 Å². The second-order valence-corrected chi connectivity index (χ2v) is 16.0. The average Bonchev–Trinajstić information content (AvgIpc) is 3.37. The fourth-order valence-corrected chi connectivity index (χ4v) is 9.28. The van der Waals surface area contributed by atoms with E-state index in [-0.39, 0.29) is 0 Å². The van der Waals surface area contributed by atoms with Crippen LogP contribution in [0.3, 0.4) is 0 Å². The summed E-state index contributed by atoms with van der Waals surface area (Å²) >= 11 is 0. The molecule has 0 fully saturated rings. The molecule has 11 aromatic rings.